The van der Waals surface area contributed by atoms with Crippen LogP contribution in [0.3, 0.4) is 0 Å². The molecule has 0 radical (unpaired) electrons. The maximum atomic E-state index is 11.5. The summed E-state index contributed by atoms with van der Waals surface area (Å²) in [5.41, 5.74) is 6.25. The van der Waals surface area contributed by atoms with Crippen molar-refractivity contribution in [2.75, 3.05) is 18.9 Å². The topological polar surface area (TPSA) is 203 Å². The van der Waals surface area contributed by atoms with Gasteiger partial charge < -0.3 is 35.3 Å². The third-order valence-corrected chi connectivity index (χ3v) is 3.84. The van der Waals surface area contributed by atoms with Gasteiger partial charge in [-0.2, -0.15) is 10.4 Å². The number of nitrogens with zero attached hydrogens (tertiary/aromatic N) is 4. The van der Waals surface area contributed by atoms with Gasteiger partial charge in [-0.1, -0.05) is 0 Å². The fourth-order valence-corrected chi connectivity index (χ4v) is 2.42. The van der Waals surface area contributed by atoms with Crippen molar-refractivity contribution >= 4 is 23.5 Å². The van der Waals surface area contributed by atoms with Crippen molar-refractivity contribution in [3.8, 4) is 6.26 Å². The lowest BCUT2D eigenvalue weighted by Crippen LogP contribution is -2.38. The number of nitrogens with two attached hydrogens (primary N) is 1. The summed E-state index contributed by atoms with van der Waals surface area (Å²) in [5, 5.41) is 42.1. The van der Waals surface area contributed by atoms with Crippen molar-refractivity contribution in [3.63, 3.8) is 0 Å². The van der Waals surface area contributed by atoms with E-state index in [1.807, 2.05) is 0 Å². The molecule has 2 aromatic heterocycles. The summed E-state index contributed by atoms with van der Waals surface area (Å²) < 4.78 is 15.4. The lowest BCUT2D eigenvalue weighted by atomic mass is 10.1. The zero-order valence-corrected chi connectivity index (χ0v) is 15.0. The largest absolute Gasteiger partial charge is 0.508 e. The van der Waals surface area contributed by atoms with Gasteiger partial charge in [-0.3, -0.25) is 4.79 Å². The number of fused-ring (bicyclic) bond motifs is 1. The Morgan fingerprint density at radius 2 is 2.07 bits per heavy atom. The maximum absolute atomic E-state index is 11.5. The predicted octanol–water partition coefficient (Wildman–Crippen LogP) is -0.410. The molecule has 29 heavy (non-hydrogen) atoms. The van der Waals surface area contributed by atoms with Gasteiger partial charge in [-0.15, -0.1) is 0 Å². The van der Waals surface area contributed by atoms with Crippen LogP contribution in [0.2, 0.25) is 0 Å². The molecule has 0 amide bonds. The Balaban J connectivity index is 1.98. The summed E-state index contributed by atoms with van der Waals surface area (Å²) in [6.45, 7) is -0.790. The Kier molecular flexibility index (Phi) is 7.52. The second kappa shape index (κ2) is 10.1. The highest BCUT2D eigenvalue weighted by Gasteiger charge is 2.32. The van der Waals surface area contributed by atoms with Gasteiger partial charge in [0.2, 0.25) is 0 Å². The van der Waals surface area contributed by atoms with Crippen molar-refractivity contribution in [2.45, 2.75) is 31.2 Å². The van der Waals surface area contributed by atoms with E-state index in [1.54, 1.807) is 0 Å². The van der Waals surface area contributed by atoms with Gasteiger partial charge >= 0.3 is 12.1 Å². The van der Waals surface area contributed by atoms with Crippen LogP contribution in [0.4, 0.5) is 10.6 Å². The van der Waals surface area contributed by atoms with E-state index in [-0.39, 0.29) is 31.0 Å². The molecule has 0 bridgehead atoms. The molecule has 0 aliphatic heterocycles. The van der Waals surface area contributed by atoms with E-state index >= 15 is 0 Å². The molecule has 0 aliphatic carbocycles. The van der Waals surface area contributed by atoms with Gasteiger partial charge in [0, 0.05) is 6.42 Å². The van der Waals surface area contributed by atoms with Crippen LogP contribution in [0.15, 0.2) is 18.5 Å². The van der Waals surface area contributed by atoms with Crippen molar-refractivity contribution in [1.82, 2.24) is 14.6 Å². The number of hydrogen-bond acceptors (Lipinski definition) is 11. The lowest BCUT2D eigenvalue weighted by Gasteiger charge is -2.24. The Labute approximate surface area is 163 Å². The van der Waals surface area contributed by atoms with E-state index in [1.165, 1.54) is 22.9 Å². The molecule has 0 spiro atoms. The number of nitrogen functional groups attached to an aromatic ring is 1. The fourth-order valence-electron chi connectivity index (χ4n) is 2.42. The van der Waals surface area contributed by atoms with Crippen molar-refractivity contribution < 1.29 is 39.1 Å². The minimum atomic E-state index is -1.68. The highest BCUT2D eigenvalue weighted by Crippen LogP contribution is 2.24. The molecule has 3 atom stereocenters. The van der Waals surface area contributed by atoms with Gasteiger partial charge in [-0.05, 0) is 18.6 Å². The number of carboxylic acid groups (broad SMARTS) is 1. The normalized spacial score (nSPS) is 13.8. The zero-order chi connectivity index (χ0) is 21.4. The predicted molar refractivity (Wildman–Crippen MR) is 93.0 cm³/mol. The number of hydrogen-bond donors (Lipinski definition) is 4. The Hall–Kier alpha value is -3.63. The third-order valence-electron chi connectivity index (χ3n) is 3.84. The molecular weight excluding hydrogens is 390 g/mol. The average molecular weight is 409 g/mol. The number of nitriles is 1. The molecule has 2 aromatic rings. The van der Waals surface area contributed by atoms with E-state index in [2.05, 4.69) is 19.6 Å². The second-order valence-corrected chi connectivity index (χ2v) is 5.79. The molecular formula is C16H19N5O8. The molecule has 5 N–H and O–H groups in total. The molecule has 2 rings (SSSR count). The van der Waals surface area contributed by atoms with Gasteiger partial charge in [0.15, 0.2) is 11.9 Å². The van der Waals surface area contributed by atoms with Crippen LogP contribution in [0.5, 0.6) is 0 Å². The number of aliphatic hydroxyl groups excluding tert-OH is 2. The van der Waals surface area contributed by atoms with Crippen LogP contribution in [-0.2, 0) is 19.0 Å². The quantitative estimate of drug-likeness (QED) is 0.225. The van der Waals surface area contributed by atoms with Crippen LogP contribution < -0.4 is 5.73 Å². The number of aromatic nitrogens is 3. The van der Waals surface area contributed by atoms with Gasteiger partial charge in [0.25, 0.3) is 6.26 Å². The first-order valence-electron chi connectivity index (χ1n) is 8.35. The number of carbonyl (C=O) groups excluding carboxylic acids is 1. The van der Waals surface area contributed by atoms with Crippen LogP contribution in [0.25, 0.3) is 5.52 Å². The van der Waals surface area contributed by atoms with Gasteiger partial charge in [0.1, 0.15) is 30.7 Å². The standard InChI is InChI=1S/C16H19N5O8/c17-7-29-11(6-28-16(26)27-5-1-2-12(22)23)14(25)13(24)9-3-4-10-15(18)19-8-20-21(9)10/h3-4,8,11,13-14,24-25H,1-2,5-6H2,(H,22,23)(H2,18,19,20)/t11-,13+,14-/m1/s1. The number of anilines is 1. The first-order chi connectivity index (χ1) is 13.8. The summed E-state index contributed by atoms with van der Waals surface area (Å²) in [6.07, 6.45) is -3.36. The van der Waals surface area contributed by atoms with E-state index in [9.17, 15) is 19.8 Å². The number of aliphatic carboxylic acids is 1. The first-order valence-corrected chi connectivity index (χ1v) is 8.35. The molecule has 13 heteroatoms. The summed E-state index contributed by atoms with van der Waals surface area (Å²) in [7, 11) is 0. The Morgan fingerprint density at radius 1 is 1.31 bits per heavy atom. The highest BCUT2D eigenvalue weighted by atomic mass is 16.7. The van der Waals surface area contributed by atoms with E-state index in [0.717, 1.165) is 6.33 Å². The van der Waals surface area contributed by atoms with Gasteiger partial charge in [0.05, 0.1) is 12.3 Å². The minimum Gasteiger partial charge on any atom is -0.481 e. The number of aliphatic hydroxyl groups is 2. The molecule has 13 nitrogen and oxygen atoms in total. The highest BCUT2D eigenvalue weighted by molar-refractivity contribution is 5.66. The average Bonchev–Trinajstić information content (AvgIpc) is 3.12. The SMILES string of the molecule is N#CO[C@H](COC(=O)OCCCC(=O)O)[C@@H](O)[C@@H](O)c1ccc2c(N)ncnn12. The summed E-state index contributed by atoms with van der Waals surface area (Å²) in [4.78, 5) is 25.7. The molecule has 0 aliphatic rings. The van der Waals surface area contributed by atoms with Crippen molar-refractivity contribution in [3.05, 3.63) is 24.2 Å². The van der Waals surface area contributed by atoms with E-state index in [4.69, 9.17) is 20.8 Å². The summed E-state index contributed by atoms with van der Waals surface area (Å²) in [6, 6.07) is 2.99. The minimum absolute atomic E-state index is 0.0934. The molecule has 2 heterocycles. The van der Waals surface area contributed by atoms with Crippen LogP contribution >= 0.6 is 0 Å². The zero-order valence-electron chi connectivity index (χ0n) is 15.0. The van der Waals surface area contributed by atoms with E-state index in [0.29, 0.717) is 5.52 Å². The second-order valence-electron chi connectivity index (χ2n) is 5.79. The summed E-state index contributed by atoms with van der Waals surface area (Å²) >= 11 is 0. The van der Waals surface area contributed by atoms with Gasteiger partial charge in [-0.25, -0.2) is 14.3 Å². The van der Waals surface area contributed by atoms with Crippen LogP contribution in [-0.4, -0.2) is 67.5 Å². The smallest absolute Gasteiger partial charge is 0.481 e. The first kappa shape index (κ1) is 21.7. The number of rotatable bonds is 10. The Bertz CT molecular complexity index is 895. The maximum Gasteiger partial charge on any atom is 0.508 e. The number of carboxylic acids is 1. The number of ether oxygens (including phenoxy) is 3. The summed E-state index contributed by atoms with van der Waals surface area (Å²) in [5.74, 6) is -0.877. The molecule has 0 saturated carbocycles. The molecule has 156 valence electrons. The molecule has 0 unspecified atom stereocenters. The number of carbonyl (C=O) groups is 2. The van der Waals surface area contributed by atoms with Crippen LogP contribution in [0.1, 0.15) is 24.6 Å². The Morgan fingerprint density at radius 3 is 2.76 bits per heavy atom. The van der Waals surface area contributed by atoms with Crippen molar-refractivity contribution in [1.29, 1.82) is 5.26 Å². The third kappa shape index (κ3) is 5.67. The lowest BCUT2D eigenvalue weighted by molar-refractivity contribution is -0.137. The van der Waals surface area contributed by atoms with E-state index < -0.39 is 37.0 Å². The molecule has 0 aromatic carbocycles. The molecule has 0 fully saturated rings. The van der Waals surface area contributed by atoms with Crippen LogP contribution in [0, 0.1) is 11.5 Å². The monoisotopic (exact) mass is 409 g/mol. The fraction of sp³-hybridized carbons (Fsp3) is 0.438. The molecule has 0 saturated heterocycles. The van der Waals surface area contributed by atoms with Crippen molar-refractivity contribution in [2.24, 2.45) is 0 Å².